The number of nitrogen functional groups attached to an aromatic ring is 1. The molecule has 0 aromatic carbocycles. The number of esters is 1. The van der Waals surface area contributed by atoms with E-state index >= 15 is 0 Å². The van der Waals surface area contributed by atoms with Gasteiger partial charge >= 0.3 is 11.7 Å². The van der Waals surface area contributed by atoms with Gasteiger partial charge in [0, 0.05) is 20.2 Å². The molecule has 0 bridgehead atoms. The lowest BCUT2D eigenvalue weighted by atomic mass is 10.3. The van der Waals surface area contributed by atoms with Crippen molar-refractivity contribution in [2.24, 2.45) is 14.1 Å². The first-order valence-corrected chi connectivity index (χ1v) is 6.16. The smallest absolute Gasteiger partial charge is 0.343 e. The summed E-state index contributed by atoms with van der Waals surface area (Å²) in [6.45, 7) is 1.87. The molecule has 0 aliphatic heterocycles. The molecule has 2 aromatic rings. The number of carbonyl (C=O) groups is 1. The maximum atomic E-state index is 11.9. The van der Waals surface area contributed by atoms with Crippen molar-refractivity contribution in [3.8, 4) is 5.82 Å². The Kier molecular flexibility index (Phi) is 3.66. The number of carbonyl (C=O) groups excluding carboxylic acids is 1. The molecule has 2 rings (SSSR count). The van der Waals surface area contributed by atoms with Gasteiger partial charge in [-0.05, 0) is 6.92 Å². The minimum absolute atomic E-state index is 0.00305. The van der Waals surface area contributed by atoms with Crippen molar-refractivity contribution in [1.29, 1.82) is 0 Å². The number of rotatable bonds is 3. The fourth-order valence-corrected chi connectivity index (χ4v) is 1.83. The van der Waals surface area contributed by atoms with Gasteiger partial charge in [0.15, 0.2) is 0 Å². The Morgan fingerprint density at radius 2 is 2.00 bits per heavy atom. The molecule has 9 heteroatoms. The number of nitrogens with zero attached hydrogens (tertiary/aromatic N) is 4. The van der Waals surface area contributed by atoms with Crippen LogP contribution >= 0.6 is 0 Å². The third-order valence-corrected chi connectivity index (χ3v) is 3.02. The Morgan fingerprint density at radius 3 is 2.62 bits per heavy atom. The van der Waals surface area contributed by atoms with Crippen LogP contribution in [0.3, 0.4) is 0 Å². The zero-order valence-electron chi connectivity index (χ0n) is 11.9. The zero-order chi connectivity index (χ0) is 15.7. The molecule has 0 aliphatic rings. The zero-order valence-corrected chi connectivity index (χ0v) is 11.9. The van der Waals surface area contributed by atoms with Gasteiger partial charge in [0.05, 0.1) is 12.8 Å². The molecular formula is C12H15N5O4. The molecule has 2 aromatic heterocycles. The predicted molar refractivity (Wildman–Crippen MR) is 74.4 cm³/mol. The van der Waals surface area contributed by atoms with Gasteiger partial charge in [-0.3, -0.25) is 13.9 Å². The van der Waals surface area contributed by atoms with E-state index in [9.17, 15) is 14.4 Å². The van der Waals surface area contributed by atoms with Crippen LogP contribution in [0.2, 0.25) is 0 Å². The Bertz CT molecular complexity index is 814. The molecule has 0 aliphatic carbocycles. The predicted octanol–water partition coefficient (Wildman–Crippen LogP) is -0.971. The van der Waals surface area contributed by atoms with E-state index in [4.69, 9.17) is 10.5 Å². The van der Waals surface area contributed by atoms with E-state index in [1.807, 2.05) is 0 Å². The van der Waals surface area contributed by atoms with Crippen LogP contribution in [0.5, 0.6) is 0 Å². The first-order valence-electron chi connectivity index (χ1n) is 6.16. The second-order valence-electron chi connectivity index (χ2n) is 4.32. The van der Waals surface area contributed by atoms with E-state index in [1.165, 1.54) is 30.9 Å². The lowest BCUT2D eigenvalue weighted by Gasteiger charge is -2.10. The molecule has 0 unspecified atom stereocenters. The van der Waals surface area contributed by atoms with Crippen molar-refractivity contribution < 1.29 is 9.53 Å². The highest BCUT2D eigenvalue weighted by atomic mass is 16.5. The van der Waals surface area contributed by atoms with Crippen molar-refractivity contribution in [2.45, 2.75) is 6.92 Å². The monoisotopic (exact) mass is 293 g/mol. The Morgan fingerprint density at radius 1 is 1.33 bits per heavy atom. The minimum Gasteiger partial charge on any atom is -0.462 e. The van der Waals surface area contributed by atoms with Gasteiger partial charge in [0.2, 0.25) is 0 Å². The van der Waals surface area contributed by atoms with Crippen molar-refractivity contribution in [1.82, 2.24) is 18.9 Å². The molecule has 0 saturated heterocycles. The molecule has 0 spiro atoms. The summed E-state index contributed by atoms with van der Waals surface area (Å²) < 4.78 is 8.16. The molecule has 0 amide bonds. The van der Waals surface area contributed by atoms with Gasteiger partial charge in [0.25, 0.3) is 5.56 Å². The van der Waals surface area contributed by atoms with E-state index in [0.717, 1.165) is 9.25 Å². The van der Waals surface area contributed by atoms with Crippen LogP contribution in [0.1, 0.15) is 17.3 Å². The minimum atomic E-state index is -0.616. The molecule has 9 nitrogen and oxygen atoms in total. The Hall–Kier alpha value is -2.84. The van der Waals surface area contributed by atoms with Crippen molar-refractivity contribution in [2.75, 3.05) is 12.3 Å². The molecular weight excluding hydrogens is 278 g/mol. The van der Waals surface area contributed by atoms with Gasteiger partial charge in [-0.2, -0.15) is 5.10 Å². The summed E-state index contributed by atoms with van der Waals surface area (Å²) in [5, 5.41) is 3.94. The second kappa shape index (κ2) is 5.27. The number of aromatic nitrogens is 4. The topological polar surface area (TPSA) is 114 Å². The molecule has 112 valence electrons. The second-order valence-corrected chi connectivity index (χ2v) is 4.32. The molecule has 0 radical (unpaired) electrons. The third kappa shape index (κ3) is 2.33. The van der Waals surface area contributed by atoms with E-state index in [0.29, 0.717) is 0 Å². The first-order chi connectivity index (χ1) is 9.88. The summed E-state index contributed by atoms with van der Waals surface area (Å²) in [6, 6.07) is 1.21. The SMILES string of the molecule is CCOC(=O)c1cnn(-c2cc(=O)n(C)c(=O)n2C)c1N. The molecule has 21 heavy (non-hydrogen) atoms. The van der Waals surface area contributed by atoms with Gasteiger partial charge in [0.1, 0.15) is 17.2 Å². The fourth-order valence-electron chi connectivity index (χ4n) is 1.83. The molecule has 0 atom stereocenters. The maximum Gasteiger partial charge on any atom is 0.343 e. The van der Waals surface area contributed by atoms with Crippen LogP contribution < -0.4 is 17.0 Å². The first kappa shape index (κ1) is 14.6. The summed E-state index contributed by atoms with van der Waals surface area (Å²) in [6.07, 6.45) is 1.23. The quantitative estimate of drug-likeness (QED) is 0.728. The summed E-state index contributed by atoms with van der Waals surface area (Å²) in [7, 11) is 2.84. The highest BCUT2D eigenvalue weighted by Gasteiger charge is 2.19. The van der Waals surface area contributed by atoms with Crippen LogP contribution in [0.15, 0.2) is 21.9 Å². The normalized spacial score (nSPS) is 10.6. The number of nitrogens with two attached hydrogens (primary N) is 1. The standard InChI is InChI=1S/C12H15N5O4/c1-4-21-11(19)7-6-14-17(10(7)13)8-5-9(18)16(3)12(20)15(8)2/h5-6H,4,13H2,1-3H3. The summed E-state index contributed by atoms with van der Waals surface area (Å²) in [5.41, 5.74) is 4.90. The van der Waals surface area contributed by atoms with E-state index in [-0.39, 0.29) is 23.8 Å². The van der Waals surface area contributed by atoms with Crippen LogP contribution in [0.25, 0.3) is 5.82 Å². The van der Waals surface area contributed by atoms with E-state index in [1.54, 1.807) is 6.92 Å². The third-order valence-electron chi connectivity index (χ3n) is 3.02. The molecule has 2 heterocycles. The van der Waals surface area contributed by atoms with Crippen LogP contribution in [-0.4, -0.2) is 31.5 Å². The van der Waals surface area contributed by atoms with Crippen molar-refractivity contribution in [3.63, 3.8) is 0 Å². The van der Waals surface area contributed by atoms with E-state index in [2.05, 4.69) is 5.10 Å². The Labute approximate surface area is 119 Å². The summed E-state index contributed by atoms with van der Waals surface area (Å²) in [5.74, 6) is -0.456. The highest BCUT2D eigenvalue weighted by Crippen LogP contribution is 2.16. The Balaban J connectivity index is 2.62. The summed E-state index contributed by atoms with van der Waals surface area (Å²) in [4.78, 5) is 35.3. The fraction of sp³-hybridized carbons (Fsp3) is 0.333. The average molecular weight is 293 g/mol. The summed E-state index contributed by atoms with van der Waals surface area (Å²) >= 11 is 0. The van der Waals surface area contributed by atoms with E-state index < -0.39 is 17.2 Å². The van der Waals surface area contributed by atoms with Gasteiger partial charge in [-0.15, -0.1) is 0 Å². The lowest BCUT2D eigenvalue weighted by molar-refractivity contribution is 0.0527. The van der Waals surface area contributed by atoms with Gasteiger partial charge in [-0.1, -0.05) is 0 Å². The van der Waals surface area contributed by atoms with Crippen LogP contribution in [0, 0.1) is 0 Å². The maximum absolute atomic E-state index is 11.9. The number of ether oxygens (including phenoxy) is 1. The number of hydrogen-bond donors (Lipinski definition) is 1. The van der Waals surface area contributed by atoms with Crippen LogP contribution in [0.4, 0.5) is 5.82 Å². The van der Waals surface area contributed by atoms with Crippen molar-refractivity contribution in [3.05, 3.63) is 38.7 Å². The molecule has 2 N–H and O–H groups in total. The molecule has 0 saturated carbocycles. The van der Waals surface area contributed by atoms with Gasteiger partial charge in [-0.25, -0.2) is 14.3 Å². The van der Waals surface area contributed by atoms with Gasteiger partial charge < -0.3 is 10.5 Å². The highest BCUT2D eigenvalue weighted by molar-refractivity contribution is 5.94. The number of anilines is 1. The lowest BCUT2D eigenvalue weighted by Crippen LogP contribution is -2.38. The van der Waals surface area contributed by atoms with Crippen LogP contribution in [-0.2, 0) is 18.8 Å². The molecule has 0 fully saturated rings. The van der Waals surface area contributed by atoms with Crippen molar-refractivity contribution >= 4 is 11.8 Å². The number of hydrogen-bond acceptors (Lipinski definition) is 6. The largest absolute Gasteiger partial charge is 0.462 e. The average Bonchev–Trinajstić information content (AvgIpc) is 2.82.